The number of carbonyl (C=O) groups excluding carboxylic acids is 3. The molecule has 0 aliphatic carbocycles. The molecule has 1 aromatic heterocycles. The van der Waals surface area contributed by atoms with Crippen LogP contribution in [-0.4, -0.2) is 53.2 Å². The van der Waals surface area contributed by atoms with Gasteiger partial charge in [0, 0.05) is 18.5 Å². The van der Waals surface area contributed by atoms with E-state index in [1.54, 1.807) is 6.92 Å². The van der Waals surface area contributed by atoms with Gasteiger partial charge in [-0.05, 0) is 38.5 Å². The van der Waals surface area contributed by atoms with Crippen molar-refractivity contribution < 1.29 is 24.0 Å². The second-order valence-electron chi connectivity index (χ2n) is 7.73. The highest BCUT2D eigenvalue weighted by molar-refractivity contribution is 5.96. The minimum absolute atomic E-state index is 0.0487. The topological polar surface area (TPSA) is 134 Å². The van der Waals surface area contributed by atoms with Crippen LogP contribution in [0.15, 0.2) is 10.6 Å². The molecule has 0 saturated carbocycles. The summed E-state index contributed by atoms with van der Waals surface area (Å²) in [5, 5.41) is 21.6. The summed E-state index contributed by atoms with van der Waals surface area (Å²) in [7, 11) is 0. The summed E-state index contributed by atoms with van der Waals surface area (Å²) in [6, 6.07) is 0.165. The van der Waals surface area contributed by atoms with Crippen LogP contribution in [-0.2, 0) is 9.59 Å². The molecule has 3 amide bonds. The molecule has 0 aromatic carbocycles. The summed E-state index contributed by atoms with van der Waals surface area (Å²) in [6.45, 7) is 5.95. The highest BCUT2D eigenvalue weighted by Gasteiger charge is 2.29. The predicted octanol–water partition coefficient (Wildman–Crippen LogP) is 0.521. The van der Waals surface area contributed by atoms with Crippen molar-refractivity contribution in [3.8, 4) is 0 Å². The van der Waals surface area contributed by atoms with Crippen molar-refractivity contribution in [2.45, 2.75) is 58.5 Å². The molecule has 0 spiro atoms. The maximum absolute atomic E-state index is 12.8. The van der Waals surface area contributed by atoms with Gasteiger partial charge in [0.15, 0.2) is 5.69 Å². The molecule has 1 aromatic rings. The summed E-state index contributed by atoms with van der Waals surface area (Å²) in [6.07, 6.45) is 2.40. The van der Waals surface area contributed by atoms with Gasteiger partial charge in [-0.15, -0.1) is 0 Å². The third-order valence-corrected chi connectivity index (χ3v) is 4.72. The molecule has 1 fully saturated rings. The van der Waals surface area contributed by atoms with E-state index in [1.807, 2.05) is 13.8 Å². The number of hydrogen-bond acceptors (Lipinski definition) is 6. The van der Waals surface area contributed by atoms with E-state index in [1.165, 1.54) is 6.07 Å². The Balaban J connectivity index is 1.99. The number of piperidine rings is 1. The molecule has 156 valence electrons. The first kappa shape index (κ1) is 21.9. The molecule has 2 heterocycles. The molecule has 3 atom stereocenters. The Hall–Kier alpha value is -2.42. The maximum Gasteiger partial charge on any atom is 0.274 e. The number of amides is 3. The Morgan fingerprint density at radius 1 is 1.39 bits per heavy atom. The van der Waals surface area contributed by atoms with Crippen molar-refractivity contribution >= 4 is 17.7 Å². The molecule has 1 aliphatic rings. The molecular formula is C19H30N4O5. The molecule has 1 saturated heterocycles. The zero-order valence-corrected chi connectivity index (χ0v) is 16.7. The van der Waals surface area contributed by atoms with Crippen LogP contribution in [0.2, 0.25) is 0 Å². The number of aliphatic hydroxyl groups excluding tert-OH is 1. The van der Waals surface area contributed by atoms with Gasteiger partial charge in [-0.25, -0.2) is 0 Å². The number of rotatable bonds is 9. The Labute approximate surface area is 164 Å². The van der Waals surface area contributed by atoms with Crippen molar-refractivity contribution in [3.05, 3.63) is 17.5 Å². The minimum Gasteiger partial charge on any atom is -0.394 e. The predicted molar refractivity (Wildman–Crippen MR) is 101 cm³/mol. The van der Waals surface area contributed by atoms with E-state index in [-0.39, 0.29) is 30.0 Å². The van der Waals surface area contributed by atoms with E-state index in [0.29, 0.717) is 25.1 Å². The Kier molecular flexibility index (Phi) is 7.98. The van der Waals surface area contributed by atoms with Crippen LogP contribution < -0.4 is 16.0 Å². The maximum atomic E-state index is 12.8. The van der Waals surface area contributed by atoms with Gasteiger partial charge in [-0.1, -0.05) is 19.0 Å². The normalized spacial score (nSPS) is 19.0. The molecule has 0 bridgehead atoms. The number of nitrogens with zero attached hydrogens (tertiary/aromatic N) is 1. The van der Waals surface area contributed by atoms with E-state index in [9.17, 15) is 19.5 Å². The van der Waals surface area contributed by atoms with Crippen LogP contribution in [0, 0.1) is 18.8 Å². The first-order valence-electron chi connectivity index (χ1n) is 9.73. The van der Waals surface area contributed by atoms with Crippen molar-refractivity contribution in [2.24, 2.45) is 11.8 Å². The molecule has 9 nitrogen and oxygen atoms in total. The lowest BCUT2D eigenvalue weighted by Gasteiger charge is -2.27. The van der Waals surface area contributed by atoms with Gasteiger partial charge < -0.3 is 25.6 Å². The quantitative estimate of drug-likeness (QED) is 0.483. The van der Waals surface area contributed by atoms with Crippen LogP contribution in [0.1, 0.15) is 55.8 Å². The number of aromatic nitrogens is 1. The fraction of sp³-hybridized carbons (Fsp3) is 0.684. The molecule has 2 rings (SSSR count). The van der Waals surface area contributed by atoms with Gasteiger partial charge in [-0.2, -0.15) is 0 Å². The average Bonchev–Trinajstić information content (AvgIpc) is 3.08. The third kappa shape index (κ3) is 6.33. The van der Waals surface area contributed by atoms with Crippen molar-refractivity contribution in [1.82, 2.24) is 21.1 Å². The number of hydrogen-bond donors (Lipinski definition) is 4. The first-order valence-corrected chi connectivity index (χ1v) is 9.73. The van der Waals surface area contributed by atoms with Crippen LogP contribution >= 0.6 is 0 Å². The van der Waals surface area contributed by atoms with Gasteiger partial charge in [0.1, 0.15) is 11.8 Å². The SMILES string of the molecule is Cc1cc(C(=O)NC(CC(C)C)C(=O)NC(CO)CC2CCCNC2=O)no1. The molecule has 9 heteroatoms. The van der Waals surface area contributed by atoms with Crippen molar-refractivity contribution in [2.75, 3.05) is 13.2 Å². The zero-order valence-electron chi connectivity index (χ0n) is 16.7. The number of carbonyl (C=O) groups is 3. The second-order valence-corrected chi connectivity index (χ2v) is 7.73. The Morgan fingerprint density at radius 2 is 2.14 bits per heavy atom. The van der Waals surface area contributed by atoms with E-state index in [0.717, 1.165) is 12.8 Å². The standard InChI is InChI=1S/C19H30N4O5/c1-11(2)7-15(22-19(27)16-8-12(3)28-23-16)18(26)21-14(10-24)9-13-5-4-6-20-17(13)25/h8,11,13-15,24H,4-7,9-10H2,1-3H3,(H,20,25)(H,21,26)(H,22,27). The largest absolute Gasteiger partial charge is 0.394 e. The summed E-state index contributed by atoms with van der Waals surface area (Å²) >= 11 is 0. The van der Waals surface area contributed by atoms with Crippen LogP contribution in [0.4, 0.5) is 0 Å². The summed E-state index contributed by atoms with van der Waals surface area (Å²) < 4.78 is 4.90. The number of aliphatic hydroxyl groups is 1. The minimum atomic E-state index is -0.779. The van der Waals surface area contributed by atoms with Crippen molar-refractivity contribution in [1.29, 1.82) is 0 Å². The lowest BCUT2D eigenvalue weighted by Crippen LogP contribution is -2.52. The highest BCUT2D eigenvalue weighted by Crippen LogP contribution is 2.17. The van der Waals surface area contributed by atoms with Gasteiger partial charge in [0.05, 0.1) is 12.6 Å². The van der Waals surface area contributed by atoms with E-state index in [2.05, 4.69) is 21.1 Å². The monoisotopic (exact) mass is 394 g/mol. The van der Waals surface area contributed by atoms with Gasteiger partial charge in [0.2, 0.25) is 11.8 Å². The molecule has 4 N–H and O–H groups in total. The van der Waals surface area contributed by atoms with Gasteiger partial charge >= 0.3 is 0 Å². The van der Waals surface area contributed by atoms with Gasteiger partial charge in [0.25, 0.3) is 5.91 Å². The van der Waals surface area contributed by atoms with Crippen LogP contribution in [0.3, 0.4) is 0 Å². The molecule has 1 aliphatic heterocycles. The smallest absolute Gasteiger partial charge is 0.274 e. The fourth-order valence-electron chi connectivity index (χ4n) is 3.29. The molecular weight excluding hydrogens is 364 g/mol. The Morgan fingerprint density at radius 3 is 2.71 bits per heavy atom. The lowest BCUT2D eigenvalue weighted by atomic mass is 9.91. The highest BCUT2D eigenvalue weighted by atomic mass is 16.5. The summed E-state index contributed by atoms with van der Waals surface area (Å²) in [5.41, 5.74) is 0.108. The van der Waals surface area contributed by atoms with Crippen molar-refractivity contribution in [3.63, 3.8) is 0 Å². The summed E-state index contributed by atoms with van der Waals surface area (Å²) in [5.74, 6) is -0.509. The van der Waals surface area contributed by atoms with Gasteiger partial charge in [-0.3, -0.25) is 14.4 Å². The van der Waals surface area contributed by atoms with E-state index < -0.39 is 23.9 Å². The number of aryl methyl sites for hydroxylation is 1. The average molecular weight is 394 g/mol. The molecule has 3 unspecified atom stereocenters. The lowest BCUT2D eigenvalue weighted by molar-refractivity contribution is -0.128. The Bertz CT molecular complexity index is 688. The van der Waals surface area contributed by atoms with E-state index >= 15 is 0 Å². The first-order chi connectivity index (χ1) is 13.3. The zero-order chi connectivity index (χ0) is 20.7. The van der Waals surface area contributed by atoms with Crippen LogP contribution in [0.25, 0.3) is 0 Å². The molecule has 0 radical (unpaired) electrons. The number of nitrogens with one attached hydrogen (secondary N) is 3. The second kappa shape index (κ2) is 10.2. The van der Waals surface area contributed by atoms with Crippen LogP contribution in [0.5, 0.6) is 0 Å². The third-order valence-electron chi connectivity index (χ3n) is 4.72. The fourth-order valence-corrected chi connectivity index (χ4v) is 3.29. The molecule has 28 heavy (non-hydrogen) atoms. The summed E-state index contributed by atoms with van der Waals surface area (Å²) in [4.78, 5) is 37.1. The van der Waals surface area contributed by atoms with E-state index in [4.69, 9.17) is 4.52 Å².